The first-order chi connectivity index (χ1) is 12.0. The first-order valence-corrected chi connectivity index (χ1v) is 9.33. The number of hydrogen-bond donors (Lipinski definition) is 2. The first kappa shape index (κ1) is 16.8. The molecule has 4 rings (SSSR count). The lowest BCUT2D eigenvalue weighted by Gasteiger charge is -2.33. The predicted molar refractivity (Wildman–Crippen MR) is 93.7 cm³/mol. The summed E-state index contributed by atoms with van der Waals surface area (Å²) in [5, 5.41) is 6.42. The van der Waals surface area contributed by atoms with Crippen molar-refractivity contribution in [2.75, 3.05) is 25.5 Å². The number of fused-ring (bicyclic) bond motifs is 2. The first-order valence-electron chi connectivity index (χ1n) is 8.51. The summed E-state index contributed by atoms with van der Waals surface area (Å²) >= 11 is 1.09. The lowest BCUT2D eigenvalue weighted by molar-refractivity contribution is -0.121. The number of hydrogen-bond acceptors (Lipinski definition) is 5. The maximum absolute atomic E-state index is 13.7. The number of amides is 1. The van der Waals surface area contributed by atoms with Crippen LogP contribution in [0, 0.1) is 17.6 Å². The second-order valence-corrected chi connectivity index (χ2v) is 7.88. The van der Waals surface area contributed by atoms with Crippen LogP contribution in [0.5, 0.6) is 0 Å². The Kier molecular flexibility index (Phi) is 4.43. The van der Waals surface area contributed by atoms with Crippen LogP contribution >= 0.6 is 11.3 Å². The van der Waals surface area contributed by atoms with Gasteiger partial charge in [-0.1, -0.05) is 11.3 Å². The molecule has 0 bridgehead atoms. The van der Waals surface area contributed by atoms with Crippen LogP contribution in [0.3, 0.4) is 0 Å². The molecule has 1 amide bonds. The minimum Gasteiger partial charge on any atom is -0.316 e. The number of thiazole rings is 1. The molecule has 2 fully saturated rings. The van der Waals surface area contributed by atoms with Gasteiger partial charge in [0.25, 0.3) is 0 Å². The zero-order chi connectivity index (χ0) is 17.6. The Morgan fingerprint density at radius 2 is 2.16 bits per heavy atom. The van der Waals surface area contributed by atoms with Crippen LogP contribution in [-0.4, -0.2) is 48.0 Å². The molecule has 8 heteroatoms. The van der Waals surface area contributed by atoms with Gasteiger partial charge in [-0.2, -0.15) is 0 Å². The van der Waals surface area contributed by atoms with E-state index in [0.29, 0.717) is 21.9 Å². The van der Waals surface area contributed by atoms with Gasteiger partial charge in [0.15, 0.2) is 10.9 Å². The molecule has 0 saturated carbocycles. The minimum absolute atomic E-state index is 0.0914. The van der Waals surface area contributed by atoms with Crippen molar-refractivity contribution in [1.82, 2.24) is 15.2 Å². The largest absolute Gasteiger partial charge is 0.316 e. The summed E-state index contributed by atoms with van der Waals surface area (Å²) in [5.41, 5.74) is 0.0989. The minimum atomic E-state index is -0.706. The normalized spacial score (nSPS) is 26.8. The van der Waals surface area contributed by atoms with E-state index in [0.717, 1.165) is 49.8 Å². The molecule has 2 aliphatic heterocycles. The van der Waals surface area contributed by atoms with E-state index in [1.54, 1.807) is 0 Å². The summed E-state index contributed by atoms with van der Waals surface area (Å²) in [6.45, 7) is 1.71. The molecule has 3 unspecified atom stereocenters. The molecule has 2 aromatic rings. The molecule has 25 heavy (non-hydrogen) atoms. The van der Waals surface area contributed by atoms with Crippen LogP contribution in [-0.2, 0) is 4.79 Å². The highest BCUT2D eigenvalue weighted by Crippen LogP contribution is 2.32. The summed E-state index contributed by atoms with van der Waals surface area (Å²) in [7, 11) is 1.97. The van der Waals surface area contributed by atoms with E-state index in [-0.39, 0.29) is 17.3 Å². The van der Waals surface area contributed by atoms with Crippen LogP contribution in [0.25, 0.3) is 10.2 Å². The molecule has 2 N–H and O–H groups in total. The quantitative estimate of drug-likeness (QED) is 0.877. The average molecular weight is 366 g/mol. The molecule has 0 radical (unpaired) electrons. The maximum atomic E-state index is 13.7. The predicted octanol–water partition coefficient (Wildman–Crippen LogP) is 2.59. The SMILES string of the molecule is CNC1CC2CCC(C(=O)Nc3nc4c(F)cc(F)cc4s3)CN2C1. The van der Waals surface area contributed by atoms with Gasteiger partial charge < -0.3 is 10.6 Å². The van der Waals surface area contributed by atoms with Gasteiger partial charge in [-0.15, -0.1) is 0 Å². The van der Waals surface area contributed by atoms with Gasteiger partial charge in [-0.05, 0) is 32.4 Å². The van der Waals surface area contributed by atoms with Crippen molar-refractivity contribution in [1.29, 1.82) is 0 Å². The van der Waals surface area contributed by atoms with E-state index in [2.05, 4.69) is 20.5 Å². The molecule has 3 heterocycles. The number of benzene rings is 1. The third-order valence-corrected chi connectivity index (χ3v) is 6.17. The highest BCUT2D eigenvalue weighted by atomic mass is 32.1. The van der Waals surface area contributed by atoms with Crippen molar-refractivity contribution in [3.05, 3.63) is 23.8 Å². The third-order valence-electron chi connectivity index (χ3n) is 5.25. The molecule has 3 atom stereocenters. The summed E-state index contributed by atoms with van der Waals surface area (Å²) < 4.78 is 27.4. The zero-order valence-electron chi connectivity index (χ0n) is 13.9. The topological polar surface area (TPSA) is 57.3 Å². The van der Waals surface area contributed by atoms with Crippen LogP contribution in [0.1, 0.15) is 19.3 Å². The molecule has 134 valence electrons. The molecule has 2 aliphatic rings. The van der Waals surface area contributed by atoms with Crippen molar-refractivity contribution in [3.8, 4) is 0 Å². The Hall–Kier alpha value is -1.64. The van der Waals surface area contributed by atoms with Gasteiger partial charge in [-0.3, -0.25) is 9.69 Å². The second-order valence-electron chi connectivity index (χ2n) is 6.85. The van der Waals surface area contributed by atoms with E-state index < -0.39 is 11.6 Å². The van der Waals surface area contributed by atoms with Crippen molar-refractivity contribution >= 4 is 32.6 Å². The van der Waals surface area contributed by atoms with Crippen molar-refractivity contribution in [2.24, 2.45) is 5.92 Å². The van der Waals surface area contributed by atoms with E-state index in [4.69, 9.17) is 0 Å². The standard InChI is InChI=1S/C17H20F2N4OS/c1-20-11-6-12-3-2-9(7-23(12)8-11)16(24)22-17-21-15-13(19)4-10(18)5-14(15)25-17/h4-5,9,11-12,20H,2-3,6-8H2,1H3,(H,21,22,24). The fraction of sp³-hybridized carbons (Fsp3) is 0.529. The fourth-order valence-corrected chi connectivity index (χ4v) is 4.83. The van der Waals surface area contributed by atoms with Gasteiger partial charge in [-0.25, -0.2) is 13.8 Å². The summed E-state index contributed by atoms with van der Waals surface area (Å²) in [5.74, 6) is -1.54. The maximum Gasteiger partial charge on any atom is 0.230 e. The number of nitrogens with zero attached hydrogens (tertiary/aromatic N) is 2. The number of nitrogens with one attached hydrogen (secondary N) is 2. The van der Waals surface area contributed by atoms with Crippen LogP contribution in [0.15, 0.2) is 12.1 Å². The molecular weight excluding hydrogens is 346 g/mol. The number of likely N-dealkylation sites (N-methyl/N-ethyl adjacent to an activating group) is 1. The zero-order valence-corrected chi connectivity index (χ0v) is 14.7. The Morgan fingerprint density at radius 1 is 1.32 bits per heavy atom. The molecule has 1 aromatic heterocycles. The second kappa shape index (κ2) is 6.59. The van der Waals surface area contributed by atoms with Gasteiger partial charge in [0.2, 0.25) is 5.91 Å². The molecular formula is C17H20F2N4OS. The highest BCUT2D eigenvalue weighted by molar-refractivity contribution is 7.22. The average Bonchev–Trinajstić information content (AvgIpc) is 3.17. The molecule has 2 saturated heterocycles. The third kappa shape index (κ3) is 3.26. The van der Waals surface area contributed by atoms with E-state index in [9.17, 15) is 13.6 Å². The van der Waals surface area contributed by atoms with E-state index in [1.807, 2.05) is 7.05 Å². The lowest BCUT2D eigenvalue weighted by atomic mass is 9.92. The van der Waals surface area contributed by atoms with Crippen molar-refractivity contribution in [3.63, 3.8) is 0 Å². The number of rotatable bonds is 3. The van der Waals surface area contributed by atoms with Gasteiger partial charge in [0, 0.05) is 31.2 Å². The van der Waals surface area contributed by atoms with Crippen molar-refractivity contribution < 1.29 is 13.6 Å². The van der Waals surface area contributed by atoms with Crippen LogP contribution in [0.2, 0.25) is 0 Å². The van der Waals surface area contributed by atoms with E-state index in [1.165, 1.54) is 6.07 Å². The number of halogens is 2. The molecule has 0 spiro atoms. The Balaban J connectivity index is 1.45. The Morgan fingerprint density at radius 3 is 2.96 bits per heavy atom. The summed E-state index contributed by atoms with van der Waals surface area (Å²) in [4.78, 5) is 19.1. The van der Waals surface area contributed by atoms with Gasteiger partial charge in [0.1, 0.15) is 11.3 Å². The van der Waals surface area contributed by atoms with E-state index >= 15 is 0 Å². The van der Waals surface area contributed by atoms with Crippen LogP contribution < -0.4 is 10.6 Å². The molecule has 1 aromatic carbocycles. The summed E-state index contributed by atoms with van der Waals surface area (Å²) in [6, 6.07) is 3.09. The number of aromatic nitrogens is 1. The van der Waals surface area contributed by atoms with Gasteiger partial charge in [0.05, 0.1) is 10.6 Å². The summed E-state index contributed by atoms with van der Waals surface area (Å²) in [6.07, 6.45) is 2.99. The highest BCUT2D eigenvalue weighted by Gasteiger charge is 2.38. The number of piperidine rings is 1. The number of carbonyl (C=O) groups is 1. The van der Waals surface area contributed by atoms with Gasteiger partial charge >= 0.3 is 0 Å². The number of anilines is 1. The Labute approximate surface area is 148 Å². The monoisotopic (exact) mass is 366 g/mol. The van der Waals surface area contributed by atoms with Crippen LogP contribution in [0.4, 0.5) is 13.9 Å². The number of carbonyl (C=O) groups excluding carboxylic acids is 1. The fourth-order valence-electron chi connectivity index (χ4n) is 3.92. The van der Waals surface area contributed by atoms with Crippen molar-refractivity contribution in [2.45, 2.75) is 31.3 Å². The lowest BCUT2D eigenvalue weighted by Crippen LogP contribution is -2.43. The Bertz CT molecular complexity index is 811. The molecule has 0 aliphatic carbocycles. The molecule has 5 nitrogen and oxygen atoms in total. The smallest absolute Gasteiger partial charge is 0.230 e.